The largest absolute Gasteiger partial charge is 0.490 e. The number of hydrogen-bond donors (Lipinski definition) is 1. The number of piperidine rings is 1. The minimum absolute atomic E-state index is 0.0206. The van der Waals surface area contributed by atoms with Gasteiger partial charge in [-0.05, 0) is 63.8 Å². The molecule has 27 heavy (non-hydrogen) atoms. The number of fused-ring (bicyclic) bond motifs is 2. The number of nitrogens with zero attached hydrogens (tertiary/aromatic N) is 2. The molecule has 0 unspecified atom stereocenters. The second-order valence-electron chi connectivity index (χ2n) is 7.57. The van der Waals surface area contributed by atoms with Gasteiger partial charge < -0.3 is 4.74 Å². The summed E-state index contributed by atoms with van der Waals surface area (Å²) in [6.45, 7) is 3.46. The van der Waals surface area contributed by atoms with Crippen LogP contribution in [0.5, 0.6) is 5.75 Å². The average molecular weight is 393 g/mol. The summed E-state index contributed by atoms with van der Waals surface area (Å²) < 4.78 is 45.0. The lowest BCUT2D eigenvalue weighted by Gasteiger charge is -2.38. The van der Waals surface area contributed by atoms with E-state index in [9.17, 15) is 12.8 Å². The van der Waals surface area contributed by atoms with Gasteiger partial charge in [-0.3, -0.25) is 10.00 Å². The molecule has 2 aliphatic heterocycles. The summed E-state index contributed by atoms with van der Waals surface area (Å²) in [6, 6.07) is 6.44. The molecule has 2 bridgehead atoms. The number of nitrogens with one attached hydrogen (secondary N) is 1. The summed E-state index contributed by atoms with van der Waals surface area (Å²) in [5, 5.41) is 6.79. The van der Waals surface area contributed by atoms with Crippen molar-refractivity contribution in [3.63, 3.8) is 0 Å². The molecule has 0 saturated carbocycles. The van der Waals surface area contributed by atoms with Gasteiger partial charge in [-0.1, -0.05) is 0 Å². The fourth-order valence-corrected chi connectivity index (χ4v) is 6.45. The highest BCUT2D eigenvalue weighted by Gasteiger charge is 2.43. The van der Waals surface area contributed by atoms with Gasteiger partial charge in [0.15, 0.2) is 9.84 Å². The molecule has 1 aromatic heterocycles. The van der Waals surface area contributed by atoms with Crippen LogP contribution in [-0.4, -0.2) is 47.6 Å². The van der Waals surface area contributed by atoms with Crippen LogP contribution >= 0.6 is 0 Å². The van der Waals surface area contributed by atoms with E-state index < -0.39 is 9.84 Å². The highest BCUT2D eigenvalue weighted by atomic mass is 32.2. The second kappa shape index (κ2) is 6.91. The molecule has 0 radical (unpaired) electrons. The minimum Gasteiger partial charge on any atom is -0.490 e. The van der Waals surface area contributed by atoms with E-state index in [1.54, 1.807) is 26.0 Å². The number of aryl methyl sites for hydroxylation is 2. The molecule has 1 N–H and O–H groups in total. The van der Waals surface area contributed by atoms with Crippen molar-refractivity contribution in [1.82, 2.24) is 15.1 Å². The molecule has 2 saturated heterocycles. The van der Waals surface area contributed by atoms with Gasteiger partial charge in [0.25, 0.3) is 0 Å². The van der Waals surface area contributed by atoms with Crippen LogP contribution in [0.1, 0.15) is 37.1 Å². The van der Waals surface area contributed by atoms with E-state index in [0.29, 0.717) is 22.0 Å². The third-order valence-electron chi connectivity index (χ3n) is 5.65. The molecule has 8 heteroatoms. The second-order valence-corrected chi connectivity index (χ2v) is 9.47. The molecular formula is C19H24FN3O3S. The van der Waals surface area contributed by atoms with Crippen LogP contribution in [0.25, 0.3) is 0 Å². The van der Waals surface area contributed by atoms with E-state index in [1.165, 1.54) is 12.1 Å². The Hall–Kier alpha value is -1.93. The van der Waals surface area contributed by atoms with Crippen molar-refractivity contribution in [2.24, 2.45) is 0 Å². The Bertz CT molecular complexity index is 893. The minimum atomic E-state index is -3.44. The molecule has 6 nitrogen and oxygen atoms in total. The van der Waals surface area contributed by atoms with Crippen LogP contribution in [-0.2, 0) is 9.84 Å². The van der Waals surface area contributed by atoms with Gasteiger partial charge in [-0.25, -0.2) is 12.8 Å². The fraction of sp³-hybridized carbons (Fsp3) is 0.526. The Kier molecular flexibility index (Phi) is 4.71. The van der Waals surface area contributed by atoms with Crippen LogP contribution in [0.2, 0.25) is 0 Å². The highest BCUT2D eigenvalue weighted by molar-refractivity contribution is 7.91. The molecule has 146 valence electrons. The molecule has 3 atom stereocenters. The van der Waals surface area contributed by atoms with Gasteiger partial charge in [-0.2, -0.15) is 5.10 Å². The van der Waals surface area contributed by atoms with Gasteiger partial charge in [0, 0.05) is 12.1 Å². The fourth-order valence-electron chi connectivity index (χ4n) is 4.50. The summed E-state index contributed by atoms with van der Waals surface area (Å²) >= 11 is 0. The van der Waals surface area contributed by atoms with Crippen molar-refractivity contribution in [3.05, 3.63) is 41.5 Å². The van der Waals surface area contributed by atoms with Crippen LogP contribution in [0.4, 0.5) is 4.39 Å². The maximum Gasteiger partial charge on any atom is 0.195 e. The molecule has 0 amide bonds. The molecule has 1 aromatic carbocycles. The van der Waals surface area contributed by atoms with Gasteiger partial charge in [-0.15, -0.1) is 0 Å². The molecule has 2 aromatic rings. The zero-order valence-corrected chi connectivity index (χ0v) is 16.3. The number of rotatable bonds is 5. The lowest BCUT2D eigenvalue weighted by Crippen LogP contribution is -2.48. The zero-order chi connectivity index (χ0) is 19.2. The normalized spacial score (nSPS) is 25.7. The molecule has 0 spiro atoms. The SMILES string of the molecule is Cc1n[nH]c(C)c1S(=O)(=O)CN1[C@@H]2CC[C@H]1C[C@H](Oc1ccc(F)cc1)C2. The van der Waals surface area contributed by atoms with E-state index in [2.05, 4.69) is 15.1 Å². The van der Waals surface area contributed by atoms with Crippen molar-refractivity contribution in [3.8, 4) is 5.75 Å². The molecule has 2 aliphatic rings. The number of sulfone groups is 1. The Labute approximate surface area is 158 Å². The van der Waals surface area contributed by atoms with Gasteiger partial charge >= 0.3 is 0 Å². The predicted molar refractivity (Wildman–Crippen MR) is 98.8 cm³/mol. The molecule has 2 fully saturated rings. The smallest absolute Gasteiger partial charge is 0.195 e. The number of ether oxygens (including phenoxy) is 1. The average Bonchev–Trinajstić information content (AvgIpc) is 3.05. The topological polar surface area (TPSA) is 75.3 Å². The van der Waals surface area contributed by atoms with Gasteiger partial charge in [0.2, 0.25) is 0 Å². The molecule has 3 heterocycles. The third-order valence-corrected chi connectivity index (χ3v) is 7.51. The van der Waals surface area contributed by atoms with Crippen molar-refractivity contribution in [2.75, 3.05) is 5.88 Å². The van der Waals surface area contributed by atoms with Crippen molar-refractivity contribution in [1.29, 1.82) is 0 Å². The van der Waals surface area contributed by atoms with Crippen molar-refractivity contribution >= 4 is 9.84 Å². The maximum atomic E-state index is 13.1. The number of benzene rings is 1. The van der Waals surface area contributed by atoms with E-state index in [-0.39, 0.29) is 29.9 Å². The monoisotopic (exact) mass is 393 g/mol. The number of H-pyrrole nitrogens is 1. The first-order valence-electron chi connectivity index (χ1n) is 9.26. The van der Waals surface area contributed by atoms with E-state index in [4.69, 9.17) is 4.74 Å². The maximum absolute atomic E-state index is 13.1. The Morgan fingerprint density at radius 1 is 1.19 bits per heavy atom. The summed E-state index contributed by atoms with van der Waals surface area (Å²) in [6.07, 6.45) is 3.56. The van der Waals surface area contributed by atoms with E-state index >= 15 is 0 Å². The summed E-state index contributed by atoms with van der Waals surface area (Å²) in [5.74, 6) is 0.395. The first-order chi connectivity index (χ1) is 12.8. The number of halogens is 1. The Morgan fingerprint density at radius 2 is 1.81 bits per heavy atom. The van der Waals surface area contributed by atoms with Gasteiger partial charge in [0.05, 0.1) is 11.4 Å². The molecule has 4 rings (SSSR count). The summed E-state index contributed by atoms with van der Waals surface area (Å²) in [5.41, 5.74) is 1.11. The lowest BCUT2D eigenvalue weighted by molar-refractivity contribution is 0.0608. The molecular weight excluding hydrogens is 369 g/mol. The van der Waals surface area contributed by atoms with Crippen molar-refractivity contribution < 1.29 is 17.5 Å². The Balaban J connectivity index is 1.46. The number of aromatic amines is 1. The quantitative estimate of drug-likeness (QED) is 0.845. The number of hydrogen-bond acceptors (Lipinski definition) is 5. The van der Waals surface area contributed by atoms with Crippen LogP contribution in [0.15, 0.2) is 29.2 Å². The lowest BCUT2D eigenvalue weighted by atomic mass is 10.0. The Morgan fingerprint density at radius 3 is 2.37 bits per heavy atom. The predicted octanol–water partition coefficient (Wildman–Crippen LogP) is 2.97. The first-order valence-corrected chi connectivity index (χ1v) is 10.9. The first kappa shape index (κ1) is 18.4. The molecule has 0 aliphatic carbocycles. The third kappa shape index (κ3) is 3.60. The highest BCUT2D eigenvalue weighted by Crippen LogP contribution is 2.38. The van der Waals surface area contributed by atoms with Crippen LogP contribution in [0.3, 0.4) is 0 Å². The van der Waals surface area contributed by atoms with Crippen LogP contribution in [0, 0.1) is 19.7 Å². The summed E-state index contributed by atoms with van der Waals surface area (Å²) in [4.78, 5) is 2.44. The van der Waals surface area contributed by atoms with E-state index in [1.807, 2.05) is 0 Å². The summed E-state index contributed by atoms with van der Waals surface area (Å²) in [7, 11) is -3.44. The van der Waals surface area contributed by atoms with Gasteiger partial charge in [0.1, 0.15) is 28.4 Å². The standard InChI is InChI=1S/C19H24FN3O3S/c1-12-19(13(2)22-21-12)27(24,25)11-23-15-5-6-16(23)10-18(9-15)26-17-7-3-14(20)4-8-17/h3-4,7-8,15-16,18H,5-6,9-11H2,1-2H3,(H,21,22)/t15-,16+,18-. The van der Waals surface area contributed by atoms with E-state index in [0.717, 1.165) is 25.7 Å². The zero-order valence-electron chi connectivity index (χ0n) is 15.5. The van der Waals surface area contributed by atoms with Crippen molar-refractivity contribution in [2.45, 2.75) is 62.6 Å². The van der Waals surface area contributed by atoms with Crippen LogP contribution < -0.4 is 4.74 Å². The number of aromatic nitrogens is 2.